The number of amides is 3. The number of carboxylic acid groups (broad SMARTS) is 1. The first-order valence-electron chi connectivity index (χ1n) is 10.5. The van der Waals surface area contributed by atoms with Gasteiger partial charge in [0.2, 0.25) is 0 Å². The van der Waals surface area contributed by atoms with Crippen molar-refractivity contribution in [2.45, 2.75) is 45.1 Å². The van der Waals surface area contributed by atoms with Crippen LogP contribution in [-0.4, -0.2) is 65.0 Å². The molecule has 1 aromatic rings. The maximum Gasteiger partial charge on any atom is 0.317 e. The van der Waals surface area contributed by atoms with Gasteiger partial charge in [-0.15, -0.1) is 0 Å². The monoisotopic (exact) mass is 399 g/mol. The molecule has 2 aliphatic heterocycles. The molecule has 0 unspecified atom stereocenters. The van der Waals surface area contributed by atoms with E-state index in [-0.39, 0.29) is 23.9 Å². The van der Waals surface area contributed by atoms with Crippen molar-refractivity contribution in [1.29, 1.82) is 0 Å². The third kappa shape index (κ3) is 3.70. The first-order valence-corrected chi connectivity index (χ1v) is 10.5. The number of fused-ring (bicyclic) bond motifs is 1. The molecule has 7 nitrogen and oxygen atoms in total. The third-order valence-corrected chi connectivity index (χ3v) is 6.99. The van der Waals surface area contributed by atoms with Crippen LogP contribution in [0.2, 0.25) is 0 Å². The average Bonchev–Trinajstić information content (AvgIpc) is 3.27. The van der Waals surface area contributed by atoms with Gasteiger partial charge in [0.25, 0.3) is 5.91 Å². The lowest BCUT2D eigenvalue weighted by molar-refractivity contribution is -0.149. The number of carboxylic acids is 1. The number of aliphatic carboxylic acids is 1. The van der Waals surface area contributed by atoms with Crippen LogP contribution in [0.4, 0.5) is 4.79 Å². The number of likely N-dealkylation sites (tertiary alicyclic amines) is 2. The molecule has 2 N–H and O–H groups in total. The van der Waals surface area contributed by atoms with Crippen LogP contribution in [0.5, 0.6) is 0 Å². The Labute approximate surface area is 171 Å². The van der Waals surface area contributed by atoms with Crippen LogP contribution in [0, 0.1) is 18.3 Å². The van der Waals surface area contributed by atoms with Gasteiger partial charge in [-0.25, -0.2) is 4.79 Å². The number of rotatable bonds is 3. The first kappa shape index (κ1) is 19.7. The Morgan fingerprint density at radius 1 is 1.07 bits per heavy atom. The lowest BCUT2D eigenvalue weighted by atomic mass is 9.81. The van der Waals surface area contributed by atoms with Crippen LogP contribution in [0.25, 0.3) is 0 Å². The summed E-state index contributed by atoms with van der Waals surface area (Å²) in [7, 11) is 0. The summed E-state index contributed by atoms with van der Waals surface area (Å²) in [6.07, 6.45) is 3.90. The standard InChI is InChI=1S/C22H29N3O4/c1-15-4-6-16(7-5-15)19(26)24-11-8-18(9-12-24)23-21(29)25-13-17-3-2-10-22(17,14-25)20(27)28/h4-7,17-18H,2-3,8-14H2,1H3,(H,23,29)(H,27,28)/t17-,22+/m0/s1. The number of aryl methyl sites for hydroxylation is 1. The highest BCUT2D eigenvalue weighted by molar-refractivity contribution is 5.94. The Hall–Kier alpha value is -2.57. The van der Waals surface area contributed by atoms with Crippen LogP contribution in [0.15, 0.2) is 24.3 Å². The molecule has 1 aliphatic carbocycles. The second-order valence-electron chi connectivity index (χ2n) is 8.81. The maximum absolute atomic E-state index is 12.7. The molecular formula is C22H29N3O4. The fraction of sp³-hybridized carbons (Fsp3) is 0.591. The van der Waals surface area contributed by atoms with Gasteiger partial charge in [-0.3, -0.25) is 9.59 Å². The van der Waals surface area contributed by atoms with E-state index in [1.165, 1.54) is 0 Å². The SMILES string of the molecule is Cc1ccc(C(=O)N2CCC(NC(=O)N3C[C@@H]4CCC[C@@]4(C(=O)O)C3)CC2)cc1. The molecule has 156 valence electrons. The molecular weight excluding hydrogens is 370 g/mol. The van der Waals surface area contributed by atoms with Gasteiger partial charge in [-0.1, -0.05) is 24.1 Å². The van der Waals surface area contributed by atoms with Crippen LogP contribution in [0.3, 0.4) is 0 Å². The van der Waals surface area contributed by atoms with Crippen molar-refractivity contribution in [3.05, 3.63) is 35.4 Å². The predicted molar refractivity (Wildman–Crippen MR) is 108 cm³/mol. The first-order chi connectivity index (χ1) is 13.9. The number of carbonyl (C=O) groups is 3. The molecule has 0 radical (unpaired) electrons. The summed E-state index contributed by atoms with van der Waals surface area (Å²) in [5.74, 6) is -0.663. The second-order valence-corrected chi connectivity index (χ2v) is 8.81. The number of carbonyl (C=O) groups excluding carboxylic acids is 2. The van der Waals surface area contributed by atoms with Crippen molar-refractivity contribution < 1.29 is 19.5 Å². The molecule has 1 aromatic carbocycles. The van der Waals surface area contributed by atoms with E-state index in [0.717, 1.165) is 18.4 Å². The normalized spacial score (nSPS) is 27.0. The smallest absolute Gasteiger partial charge is 0.317 e. The molecule has 3 amide bonds. The number of benzene rings is 1. The highest BCUT2D eigenvalue weighted by Crippen LogP contribution is 2.48. The zero-order valence-electron chi connectivity index (χ0n) is 16.9. The summed E-state index contributed by atoms with van der Waals surface area (Å²) in [6.45, 7) is 4.05. The van der Waals surface area contributed by atoms with E-state index in [1.807, 2.05) is 36.1 Å². The third-order valence-electron chi connectivity index (χ3n) is 6.99. The van der Waals surface area contributed by atoms with E-state index in [9.17, 15) is 19.5 Å². The fourth-order valence-electron chi connectivity index (χ4n) is 5.17. The van der Waals surface area contributed by atoms with Gasteiger partial charge < -0.3 is 20.2 Å². The van der Waals surface area contributed by atoms with Gasteiger partial charge in [0.1, 0.15) is 0 Å². The van der Waals surface area contributed by atoms with E-state index >= 15 is 0 Å². The van der Waals surface area contributed by atoms with Crippen molar-refractivity contribution in [3.8, 4) is 0 Å². The highest BCUT2D eigenvalue weighted by atomic mass is 16.4. The molecule has 0 bridgehead atoms. The number of hydrogen-bond acceptors (Lipinski definition) is 3. The van der Waals surface area contributed by atoms with E-state index in [4.69, 9.17) is 0 Å². The van der Waals surface area contributed by atoms with Crippen molar-refractivity contribution in [2.75, 3.05) is 26.2 Å². The average molecular weight is 399 g/mol. The molecule has 1 saturated carbocycles. The second kappa shape index (κ2) is 7.69. The quantitative estimate of drug-likeness (QED) is 0.817. The minimum absolute atomic E-state index is 0.0192. The summed E-state index contributed by atoms with van der Waals surface area (Å²) >= 11 is 0. The Morgan fingerprint density at radius 2 is 1.76 bits per heavy atom. The molecule has 2 saturated heterocycles. The van der Waals surface area contributed by atoms with Crippen molar-refractivity contribution in [1.82, 2.24) is 15.1 Å². The number of hydrogen-bond donors (Lipinski definition) is 2. The lowest BCUT2D eigenvalue weighted by Crippen LogP contribution is -2.50. The van der Waals surface area contributed by atoms with Crippen molar-refractivity contribution >= 4 is 17.9 Å². The molecule has 3 fully saturated rings. The van der Waals surface area contributed by atoms with E-state index in [1.54, 1.807) is 4.90 Å². The Bertz CT molecular complexity index is 801. The molecule has 0 aromatic heterocycles. The predicted octanol–water partition coefficient (Wildman–Crippen LogP) is 2.50. The maximum atomic E-state index is 12.7. The van der Waals surface area contributed by atoms with E-state index in [2.05, 4.69) is 5.32 Å². The molecule has 3 aliphatic rings. The van der Waals surface area contributed by atoms with Gasteiger partial charge in [-0.05, 0) is 50.7 Å². The van der Waals surface area contributed by atoms with Gasteiger partial charge in [0, 0.05) is 37.8 Å². The summed E-state index contributed by atoms with van der Waals surface area (Å²) in [5, 5.41) is 12.8. The number of nitrogens with zero attached hydrogens (tertiary/aromatic N) is 2. The lowest BCUT2D eigenvalue weighted by Gasteiger charge is -2.33. The van der Waals surface area contributed by atoms with Crippen LogP contribution < -0.4 is 5.32 Å². The van der Waals surface area contributed by atoms with E-state index < -0.39 is 11.4 Å². The highest BCUT2D eigenvalue weighted by Gasteiger charge is 2.55. The molecule has 0 spiro atoms. The minimum Gasteiger partial charge on any atom is -0.481 e. The molecule has 4 rings (SSSR count). The zero-order valence-corrected chi connectivity index (χ0v) is 16.9. The Kier molecular flexibility index (Phi) is 5.23. The Morgan fingerprint density at radius 3 is 2.38 bits per heavy atom. The molecule has 29 heavy (non-hydrogen) atoms. The van der Waals surface area contributed by atoms with Crippen LogP contribution in [-0.2, 0) is 4.79 Å². The number of nitrogens with one attached hydrogen (secondary N) is 1. The van der Waals surface area contributed by atoms with E-state index in [0.29, 0.717) is 51.0 Å². The zero-order chi connectivity index (χ0) is 20.6. The number of piperidine rings is 1. The van der Waals surface area contributed by atoms with Crippen LogP contribution >= 0.6 is 0 Å². The largest absolute Gasteiger partial charge is 0.481 e. The van der Waals surface area contributed by atoms with Gasteiger partial charge >= 0.3 is 12.0 Å². The summed E-state index contributed by atoms with van der Waals surface area (Å²) in [6, 6.07) is 7.45. The molecule has 7 heteroatoms. The summed E-state index contributed by atoms with van der Waals surface area (Å²) < 4.78 is 0. The Balaban J connectivity index is 1.29. The van der Waals surface area contributed by atoms with Gasteiger partial charge in [0.05, 0.1) is 5.41 Å². The van der Waals surface area contributed by atoms with Crippen molar-refractivity contribution in [2.24, 2.45) is 11.3 Å². The van der Waals surface area contributed by atoms with Crippen LogP contribution in [0.1, 0.15) is 48.0 Å². The minimum atomic E-state index is -0.766. The fourth-order valence-corrected chi connectivity index (χ4v) is 5.17. The summed E-state index contributed by atoms with van der Waals surface area (Å²) in [5.41, 5.74) is 1.07. The number of urea groups is 1. The van der Waals surface area contributed by atoms with Gasteiger partial charge in [-0.2, -0.15) is 0 Å². The van der Waals surface area contributed by atoms with Gasteiger partial charge in [0.15, 0.2) is 0 Å². The molecule has 2 atom stereocenters. The van der Waals surface area contributed by atoms with Crippen molar-refractivity contribution in [3.63, 3.8) is 0 Å². The molecule has 2 heterocycles. The topological polar surface area (TPSA) is 90.0 Å². The summed E-state index contributed by atoms with van der Waals surface area (Å²) in [4.78, 5) is 40.7.